The van der Waals surface area contributed by atoms with Crippen molar-refractivity contribution < 1.29 is 23.8 Å². The summed E-state index contributed by atoms with van der Waals surface area (Å²) in [6, 6.07) is 4.69. The Morgan fingerprint density at radius 1 is 1.31 bits per heavy atom. The van der Waals surface area contributed by atoms with E-state index in [0.717, 1.165) is 0 Å². The molecule has 154 valence electrons. The average Bonchev–Trinajstić information content (AvgIpc) is 2.94. The lowest BCUT2D eigenvalue weighted by Crippen LogP contribution is -2.31. The number of nitrogens with zero attached hydrogens (tertiary/aromatic N) is 1. The Bertz CT molecular complexity index is 1010. The van der Waals surface area contributed by atoms with Crippen LogP contribution in [0.1, 0.15) is 47.7 Å². The molecule has 0 unspecified atom stereocenters. The first-order valence-electron chi connectivity index (χ1n) is 8.86. The van der Waals surface area contributed by atoms with Gasteiger partial charge in [0.05, 0.1) is 10.7 Å². The van der Waals surface area contributed by atoms with Crippen LogP contribution in [0.4, 0.5) is 0 Å². The molecule has 1 amide bonds. The number of aromatic carboxylic acids is 1. The Morgan fingerprint density at radius 2 is 2.03 bits per heavy atom. The van der Waals surface area contributed by atoms with Crippen molar-refractivity contribution in [3.05, 3.63) is 50.9 Å². The number of ether oxygens (including phenoxy) is 1. The monoisotopic (exact) mass is 438 g/mol. The first-order chi connectivity index (χ1) is 13.6. The number of furan rings is 1. The summed E-state index contributed by atoms with van der Waals surface area (Å²) in [5.74, 6) is -0.822. The van der Waals surface area contributed by atoms with Crippen LogP contribution in [0, 0.1) is 12.3 Å². The van der Waals surface area contributed by atoms with E-state index in [-0.39, 0.29) is 17.8 Å². The Kier molecular flexibility index (Phi) is 5.91. The van der Waals surface area contributed by atoms with Crippen LogP contribution < -0.4 is 10.2 Å². The molecule has 0 saturated carbocycles. The van der Waals surface area contributed by atoms with Gasteiger partial charge in [-0.05, 0) is 37.0 Å². The maximum absolute atomic E-state index is 12.2. The second-order valence-electron chi connectivity index (χ2n) is 7.63. The van der Waals surface area contributed by atoms with Gasteiger partial charge in [0.15, 0.2) is 6.61 Å². The summed E-state index contributed by atoms with van der Waals surface area (Å²) in [4.78, 5) is 23.6. The topological polar surface area (TPSA) is 101 Å². The summed E-state index contributed by atoms with van der Waals surface area (Å²) in [7, 11) is 0. The zero-order valence-electron chi connectivity index (χ0n) is 16.1. The Morgan fingerprint density at radius 3 is 2.69 bits per heavy atom. The van der Waals surface area contributed by atoms with Crippen LogP contribution in [-0.4, -0.2) is 29.3 Å². The lowest BCUT2D eigenvalue weighted by molar-refractivity contribution is -0.123. The second-order valence-corrected chi connectivity index (χ2v) is 8.48. The van der Waals surface area contributed by atoms with Crippen molar-refractivity contribution in [2.45, 2.75) is 33.6 Å². The number of hydrogen-bond acceptors (Lipinski definition) is 5. The van der Waals surface area contributed by atoms with Crippen molar-refractivity contribution in [2.24, 2.45) is 10.5 Å². The zero-order valence-corrected chi connectivity index (χ0v) is 17.6. The van der Waals surface area contributed by atoms with Gasteiger partial charge in [-0.25, -0.2) is 10.2 Å². The van der Waals surface area contributed by atoms with E-state index in [0.29, 0.717) is 51.2 Å². The number of amides is 1. The van der Waals surface area contributed by atoms with Crippen LogP contribution in [0.2, 0.25) is 10.0 Å². The van der Waals surface area contributed by atoms with Gasteiger partial charge in [0.25, 0.3) is 5.91 Å². The molecule has 7 nitrogen and oxygen atoms in total. The quantitative estimate of drug-likeness (QED) is 0.670. The van der Waals surface area contributed by atoms with Crippen molar-refractivity contribution in [3.63, 3.8) is 0 Å². The third-order valence-electron chi connectivity index (χ3n) is 4.56. The van der Waals surface area contributed by atoms with Gasteiger partial charge in [0.2, 0.25) is 5.76 Å². The molecule has 1 aromatic carbocycles. The largest absolute Gasteiger partial charge is 0.482 e. The molecule has 9 heteroatoms. The van der Waals surface area contributed by atoms with E-state index in [9.17, 15) is 14.7 Å². The summed E-state index contributed by atoms with van der Waals surface area (Å²) in [5, 5.41) is 14.3. The lowest BCUT2D eigenvalue weighted by Gasteiger charge is -2.29. The van der Waals surface area contributed by atoms with Crippen molar-refractivity contribution in [1.29, 1.82) is 0 Å². The van der Waals surface area contributed by atoms with Crippen LogP contribution >= 0.6 is 23.2 Å². The smallest absolute Gasteiger partial charge is 0.372 e. The van der Waals surface area contributed by atoms with Crippen molar-refractivity contribution in [3.8, 4) is 5.75 Å². The highest BCUT2D eigenvalue weighted by Crippen LogP contribution is 2.38. The van der Waals surface area contributed by atoms with E-state index in [2.05, 4.69) is 10.5 Å². The third-order valence-corrected chi connectivity index (χ3v) is 5.09. The highest BCUT2D eigenvalue weighted by Gasteiger charge is 2.36. The molecule has 0 atom stereocenters. The summed E-state index contributed by atoms with van der Waals surface area (Å²) in [5.41, 5.74) is 3.99. The minimum atomic E-state index is -1.13. The van der Waals surface area contributed by atoms with Gasteiger partial charge < -0.3 is 14.3 Å². The van der Waals surface area contributed by atoms with Crippen LogP contribution in [0.25, 0.3) is 0 Å². The molecule has 1 aliphatic rings. The van der Waals surface area contributed by atoms with Gasteiger partial charge in [-0.1, -0.05) is 37.0 Å². The highest BCUT2D eigenvalue weighted by atomic mass is 35.5. The summed E-state index contributed by atoms with van der Waals surface area (Å²) in [6.45, 7) is 5.43. The fourth-order valence-electron chi connectivity index (χ4n) is 3.31. The van der Waals surface area contributed by atoms with E-state index in [1.165, 1.54) is 6.07 Å². The fourth-order valence-corrected chi connectivity index (χ4v) is 3.77. The Labute approximate surface area is 177 Å². The number of hydrazone groups is 1. The number of halogens is 2. The molecule has 0 aliphatic heterocycles. The normalized spacial score (nSPS) is 16.4. The first kappa shape index (κ1) is 21.2. The molecule has 1 aliphatic carbocycles. The zero-order chi connectivity index (χ0) is 21.3. The number of nitrogens with one attached hydrogen (secondary N) is 1. The number of benzene rings is 1. The van der Waals surface area contributed by atoms with Crippen LogP contribution in [-0.2, 0) is 11.2 Å². The number of carboxylic acid groups (broad SMARTS) is 1. The number of fused-ring (bicyclic) bond motifs is 1. The number of carbonyl (C=O) groups is 2. The standard InChI is InChI=1S/C20H20Cl2N2O5/c1-10-17-13(7-20(2,3)8-15(17)29-18(10)19(26)27)23-24-16(25)9-28-14-5-4-11(21)6-12(14)22/h4-6H,7-9H2,1-3H3,(H,24,25)(H,26,27)/b23-13+. The third kappa shape index (κ3) is 4.74. The minimum Gasteiger partial charge on any atom is -0.482 e. The summed E-state index contributed by atoms with van der Waals surface area (Å²) in [6.07, 6.45) is 1.14. The fraction of sp³-hybridized carbons (Fsp3) is 0.350. The van der Waals surface area contributed by atoms with Gasteiger partial charge in [-0.3, -0.25) is 4.79 Å². The van der Waals surface area contributed by atoms with Crippen molar-refractivity contribution >= 4 is 40.8 Å². The van der Waals surface area contributed by atoms with Crippen LogP contribution in [0.15, 0.2) is 27.7 Å². The Balaban J connectivity index is 1.76. The van der Waals surface area contributed by atoms with Crippen molar-refractivity contribution in [1.82, 2.24) is 5.43 Å². The molecule has 1 heterocycles. The van der Waals surface area contributed by atoms with Gasteiger partial charge >= 0.3 is 5.97 Å². The Hall–Kier alpha value is -2.51. The van der Waals surface area contributed by atoms with Crippen LogP contribution in [0.3, 0.4) is 0 Å². The SMILES string of the molecule is Cc1c(C(=O)O)oc2c1/C(=N/NC(=O)COc1ccc(Cl)cc1Cl)CC(C)(C)C2. The minimum absolute atomic E-state index is 0.104. The van der Waals surface area contributed by atoms with Crippen molar-refractivity contribution in [2.75, 3.05) is 6.61 Å². The van der Waals surface area contributed by atoms with E-state index >= 15 is 0 Å². The molecule has 2 N–H and O–H groups in total. The molecular formula is C20H20Cl2N2O5. The molecule has 3 rings (SSSR count). The van der Waals surface area contributed by atoms with E-state index in [1.54, 1.807) is 19.1 Å². The number of rotatable bonds is 5. The van der Waals surface area contributed by atoms with Gasteiger partial charge in [0, 0.05) is 22.6 Å². The molecule has 29 heavy (non-hydrogen) atoms. The number of carbonyl (C=O) groups excluding carboxylic acids is 1. The van der Waals surface area contributed by atoms with E-state index < -0.39 is 11.9 Å². The van der Waals surface area contributed by atoms with E-state index in [4.69, 9.17) is 32.4 Å². The van der Waals surface area contributed by atoms with Crippen LogP contribution in [0.5, 0.6) is 5.75 Å². The molecule has 0 saturated heterocycles. The molecule has 1 aromatic heterocycles. The number of hydrogen-bond donors (Lipinski definition) is 2. The predicted octanol–water partition coefficient (Wildman–Crippen LogP) is 4.46. The summed E-state index contributed by atoms with van der Waals surface area (Å²) < 4.78 is 11.0. The first-order valence-corrected chi connectivity index (χ1v) is 9.62. The highest BCUT2D eigenvalue weighted by molar-refractivity contribution is 6.35. The lowest BCUT2D eigenvalue weighted by atomic mass is 9.75. The van der Waals surface area contributed by atoms with E-state index in [1.807, 2.05) is 13.8 Å². The maximum Gasteiger partial charge on any atom is 0.372 e. The summed E-state index contributed by atoms with van der Waals surface area (Å²) >= 11 is 11.8. The molecular weight excluding hydrogens is 419 g/mol. The number of carboxylic acids is 1. The maximum atomic E-state index is 12.2. The molecule has 0 fully saturated rings. The molecule has 0 spiro atoms. The predicted molar refractivity (Wildman–Crippen MR) is 109 cm³/mol. The van der Waals surface area contributed by atoms with Gasteiger partial charge in [-0.15, -0.1) is 0 Å². The average molecular weight is 439 g/mol. The van der Waals surface area contributed by atoms with Gasteiger partial charge in [0.1, 0.15) is 11.5 Å². The molecule has 0 radical (unpaired) electrons. The van der Waals surface area contributed by atoms with Gasteiger partial charge in [-0.2, -0.15) is 5.10 Å². The molecule has 0 bridgehead atoms. The second kappa shape index (κ2) is 8.08. The molecule has 2 aromatic rings.